The summed E-state index contributed by atoms with van der Waals surface area (Å²) in [6.45, 7) is 17.2. The van der Waals surface area contributed by atoms with Gasteiger partial charge in [-0.15, -0.1) is 0 Å². The molecule has 0 unspecified atom stereocenters. The highest BCUT2D eigenvalue weighted by atomic mass is 28.4. The molecule has 2 heterocycles. The lowest BCUT2D eigenvalue weighted by Gasteiger charge is -2.49. The van der Waals surface area contributed by atoms with Crippen molar-refractivity contribution in [3.05, 3.63) is 51.2 Å². The molecule has 43 heavy (non-hydrogen) atoms. The van der Waals surface area contributed by atoms with Crippen LogP contribution in [0.3, 0.4) is 0 Å². The molecule has 0 spiro atoms. The molecule has 2 aliphatic rings. The van der Waals surface area contributed by atoms with Crippen molar-refractivity contribution in [2.24, 2.45) is 11.8 Å². The van der Waals surface area contributed by atoms with Crippen LogP contribution >= 0.6 is 0 Å². The molecule has 0 aliphatic carbocycles. The van der Waals surface area contributed by atoms with Crippen LogP contribution in [0.1, 0.15) is 61.0 Å². The van der Waals surface area contributed by atoms with E-state index >= 15 is 0 Å². The molecule has 0 aromatic heterocycles. The molecule has 9 nitrogen and oxygen atoms in total. The van der Waals surface area contributed by atoms with Crippen LogP contribution < -0.4 is 0 Å². The molecule has 236 valence electrons. The van der Waals surface area contributed by atoms with E-state index < -0.39 is 27.5 Å². The van der Waals surface area contributed by atoms with E-state index in [1.54, 1.807) is 17.0 Å². The third-order valence-corrected chi connectivity index (χ3v) is 19.2. The summed E-state index contributed by atoms with van der Waals surface area (Å²) in [4.78, 5) is 39.3. The minimum absolute atomic E-state index is 0.0406. The Bertz CT molecular complexity index is 1250. The van der Waals surface area contributed by atoms with Crippen molar-refractivity contribution >= 4 is 34.2 Å². The maximum absolute atomic E-state index is 13.7. The summed E-state index contributed by atoms with van der Waals surface area (Å²) in [5.74, 6) is 5.07. The van der Waals surface area contributed by atoms with E-state index in [1.807, 2.05) is 13.8 Å². The highest BCUT2D eigenvalue weighted by Gasteiger charge is 2.61. The van der Waals surface area contributed by atoms with Gasteiger partial charge in [0.2, 0.25) is 5.91 Å². The number of non-ortho nitro benzene ring substituents is 1. The van der Waals surface area contributed by atoms with Gasteiger partial charge < -0.3 is 18.5 Å². The average molecular weight is 629 g/mol. The number of rotatable bonds is 15. The summed E-state index contributed by atoms with van der Waals surface area (Å²) in [7, 11) is -3.78. The number of carbonyl (C=O) groups is 2. The summed E-state index contributed by atoms with van der Waals surface area (Å²) in [6, 6.07) is 11.6. The van der Waals surface area contributed by atoms with E-state index in [0.717, 1.165) is 36.3 Å². The van der Waals surface area contributed by atoms with Crippen LogP contribution in [0.2, 0.25) is 36.3 Å². The van der Waals surface area contributed by atoms with Gasteiger partial charge in [0.15, 0.2) is 16.6 Å². The van der Waals surface area contributed by atoms with Gasteiger partial charge >= 0.3 is 5.97 Å². The van der Waals surface area contributed by atoms with Crippen molar-refractivity contribution in [1.82, 2.24) is 4.90 Å². The molecular weight excluding hydrogens is 581 g/mol. The Labute approximate surface area is 258 Å². The van der Waals surface area contributed by atoms with Crippen molar-refractivity contribution in [3.63, 3.8) is 0 Å². The number of nitro benzene ring substituents is 1. The highest BCUT2D eigenvalue weighted by Crippen LogP contribution is 2.48. The normalized spacial score (nSPS) is 20.7. The van der Waals surface area contributed by atoms with Crippen molar-refractivity contribution in [3.8, 4) is 11.8 Å². The zero-order valence-electron chi connectivity index (χ0n) is 27.0. The van der Waals surface area contributed by atoms with Crippen molar-refractivity contribution < 1.29 is 28.1 Å². The van der Waals surface area contributed by atoms with Gasteiger partial charge in [-0.05, 0) is 60.9 Å². The van der Waals surface area contributed by atoms with E-state index in [1.165, 1.54) is 12.1 Å². The third-order valence-electron chi connectivity index (χ3n) is 9.84. The maximum Gasteiger partial charge on any atom is 0.356 e. The van der Waals surface area contributed by atoms with Gasteiger partial charge in [0.05, 0.1) is 29.6 Å². The van der Waals surface area contributed by atoms with Crippen LogP contribution in [-0.4, -0.2) is 57.1 Å². The van der Waals surface area contributed by atoms with E-state index in [4.69, 9.17) is 13.6 Å². The number of carbonyl (C=O) groups excluding carboxylic acids is 2. The predicted molar refractivity (Wildman–Crippen MR) is 172 cm³/mol. The Morgan fingerprint density at radius 2 is 1.56 bits per heavy atom. The monoisotopic (exact) mass is 628 g/mol. The van der Waals surface area contributed by atoms with E-state index in [0.29, 0.717) is 11.1 Å². The molecule has 1 saturated heterocycles. The molecule has 0 bridgehead atoms. The van der Waals surface area contributed by atoms with Crippen molar-refractivity contribution in [1.29, 1.82) is 0 Å². The van der Waals surface area contributed by atoms with Crippen LogP contribution in [0.5, 0.6) is 0 Å². The summed E-state index contributed by atoms with van der Waals surface area (Å²) in [6.07, 6.45) is -0.263. The summed E-state index contributed by atoms with van der Waals surface area (Å²) in [5.41, 5.74) is 1.35. The Kier molecular flexibility index (Phi) is 11.9. The van der Waals surface area contributed by atoms with Crippen LogP contribution in [-0.2, 0) is 29.8 Å². The van der Waals surface area contributed by atoms with Gasteiger partial charge in [0.25, 0.3) is 5.69 Å². The first-order valence-electron chi connectivity index (χ1n) is 15.8. The molecule has 4 atom stereocenters. The van der Waals surface area contributed by atoms with Gasteiger partial charge in [-0.25, -0.2) is 4.79 Å². The van der Waals surface area contributed by atoms with Gasteiger partial charge in [-0.1, -0.05) is 60.3 Å². The minimum atomic E-state index is -1.95. The zero-order chi connectivity index (χ0) is 31.9. The lowest BCUT2D eigenvalue weighted by molar-refractivity contribution is -0.384. The molecule has 1 aromatic rings. The molecule has 2 aliphatic heterocycles. The summed E-state index contributed by atoms with van der Waals surface area (Å²) in [5, 5.41) is 11.0. The fourth-order valence-electron chi connectivity index (χ4n) is 6.48. The van der Waals surface area contributed by atoms with Crippen LogP contribution in [0.25, 0.3) is 0 Å². The zero-order valence-corrected chi connectivity index (χ0v) is 29.0. The molecule has 3 rings (SSSR count). The standard InChI is InChI=1S/C32H48N2O7Si2/c1-9-42(10-2,11-3)40-21-15-16-27-23(7)29-28(24(8)41-43(12-4,13-5)14-6)31(35)33(29)30(27)32(36)39-22-25-17-19-26(20-18-25)34(37)38/h17-20,23-24,28-29H,9-14,21-22H2,1-8H3/t23-,24+,28+,29+/m0/s1. The molecule has 1 aromatic carbocycles. The number of esters is 1. The van der Waals surface area contributed by atoms with Gasteiger partial charge in [-0.2, -0.15) is 0 Å². The lowest BCUT2D eigenvalue weighted by Crippen LogP contribution is -2.65. The number of nitrogens with zero attached hydrogens (tertiary/aromatic N) is 2. The SMILES string of the molecule is CC[Si](CC)(CC)OCC#CC1=C(C(=O)OCc2ccc([N+](=O)[O-])cc2)N2C(=O)[C@H]([C@@H](C)O[Si](CC)(CC)CC)[C@H]2[C@H]1C. The van der Waals surface area contributed by atoms with E-state index in [-0.39, 0.29) is 54.5 Å². The number of nitro groups is 1. The second-order valence-electron chi connectivity index (χ2n) is 11.7. The molecule has 1 fully saturated rings. The second-order valence-corrected chi connectivity index (χ2v) is 21.2. The quantitative estimate of drug-likeness (QED) is 0.0525. The Morgan fingerprint density at radius 1 is 1.00 bits per heavy atom. The highest BCUT2D eigenvalue weighted by molar-refractivity contribution is 6.74. The van der Waals surface area contributed by atoms with Crippen molar-refractivity contribution in [2.45, 2.75) is 110 Å². The maximum atomic E-state index is 13.7. The Morgan fingerprint density at radius 3 is 2.07 bits per heavy atom. The number of β-lactam (4-membered cyclic amide) rings is 1. The van der Waals surface area contributed by atoms with E-state index in [9.17, 15) is 19.7 Å². The minimum Gasteiger partial charge on any atom is -0.456 e. The summed E-state index contributed by atoms with van der Waals surface area (Å²) >= 11 is 0. The number of ether oxygens (including phenoxy) is 1. The Balaban J connectivity index is 1.88. The number of hydrogen-bond donors (Lipinski definition) is 0. The van der Waals surface area contributed by atoms with Gasteiger partial charge in [0, 0.05) is 23.6 Å². The van der Waals surface area contributed by atoms with Crippen LogP contribution in [0, 0.1) is 33.8 Å². The molecule has 0 saturated carbocycles. The van der Waals surface area contributed by atoms with Gasteiger partial charge in [-0.3, -0.25) is 14.9 Å². The number of amides is 1. The van der Waals surface area contributed by atoms with Gasteiger partial charge in [0.1, 0.15) is 12.3 Å². The first kappa shape index (κ1) is 34.7. The Hall–Kier alpha value is -2.79. The largest absolute Gasteiger partial charge is 0.456 e. The third kappa shape index (κ3) is 7.14. The number of hydrogen-bond acceptors (Lipinski definition) is 7. The van der Waals surface area contributed by atoms with Crippen molar-refractivity contribution in [2.75, 3.05) is 6.61 Å². The molecule has 0 N–H and O–H groups in total. The molecular formula is C32H48N2O7Si2. The first-order chi connectivity index (χ1) is 20.5. The number of fused-ring (bicyclic) bond motifs is 1. The topological polar surface area (TPSA) is 108 Å². The van der Waals surface area contributed by atoms with Crippen LogP contribution in [0.4, 0.5) is 5.69 Å². The second kappa shape index (κ2) is 14.8. The number of benzene rings is 1. The average Bonchev–Trinajstić information content (AvgIpc) is 3.26. The fourth-order valence-corrected chi connectivity index (χ4v) is 11.9. The predicted octanol–water partition coefficient (Wildman–Crippen LogP) is 6.80. The van der Waals surface area contributed by atoms with Crippen LogP contribution in [0.15, 0.2) is 35.5 Å². The molecule has 11 heteroatoms. The van der Waals surface area contributed by atoms with E-state index in [2.05, 4.69) is 53.4 Å². The summed E-state index contributed by atoms with van der Waals surface area (Å²) < 4.78 is 18.7. The molecule has 1 amide bonds. The smallest absolute Gasteiger partial charge is 0.356 e. The lowest BCUT2D eigenvalue weighted by atomic mass is 9.78. The fraction of sp³-hybridized carbons (Fsp3) is 0.625. The first-order valence-corrected chi connectivity index (χ1v) is 20.8. The molecule has 0 radical (unpaired) electrons.